The Kier molecular flexibility index (Phi) is 4.20. The van der Waals surface area contributed by atoms with Crippen LogP contribution in [0.3, 0.4) is 0 Å². The zero-order valence-corrected chi connectivity index (χ0v) is 11.3. The summed E-state index contributed by atoms with van der Waals surface area (Å²) in [6, 6.07) is 2.07. The summed E-state index contributed by atoms with van der Waals surface area (Å²) in [4.78, 5) is 6.44. The van der Waals surface area contributed by atoms with Crippen LogP contribution in [0.5, 0.6) is 0 Å². The lowest BCUT2D eigenvalue weighted by atomic mass is 10.3. The van der Waals surface area contributed by atoms with Crippen LogP contribution in [0.15, 0.2) is 20.2 Å². The van der Waals surface area contributed by atoms with Gasteiger partial charge in [0, 0.05) is 13.1 Å². The van der Waals surface area contributed by atoms with Gasteiger partial charge in [0.1, 0.15) is 0 Å². The molecule has 0 atom stereocenters. The van der Waals surface area contributed by atoms with E-state index in [1.807, 2.05) is 0 Å². The van der Waals surface area contributed by atoms with E-state index in [1.54, 1.807) is 11.3 Å². The molecule has 1 aromatic heterocycles. The Balaban J connectivity index is 1.90. The SMILES string of the molecule is NC(=NCc1csc(Br)c1)N1CCOCC1. The molecule has 0 aromatic carbocycles. The van der Waals surface area contributed by atoms with E-state index in [2.05, 4.69) is 37.3 Å². The minimum atomic E-state index is 0.616. The summed E-state index contributed by atoms with van der Waals surface area (Å²) in [6.45, 7) is 3.79. The summed E-state index contributed by atoms with van der Waals surface area (Å²) in [5.41, 5.74) is 7.10. The van der Waals surface area contributed by atoms with Crippen LogP contribution in [0.2, 0.25) is 0 Å². The number of nitrogens with two attached hydrogens (primary N) is 1. The fourth-order valence-electron chi connectivity index (χ4n) is 1.49. The van der Waals surface area contributed by atoms with Crippen LogP contribution in [0.1, 0.15) is 5.56 Å². The van der Waals surface area contributed by atoms with Crippen molar-refractivity contribution in [1.82, 2.24) is 4.90 Å². The molecule has 16 heavy (non-hydrogen) atoms. The molecule has 88 valence electrons. The third-order valence-electron chi connectivity index (χ3n) is 2.38. The van der Waals surface area contributed by atoms with Crippen molar-refractivity contribution in [2.75, 3.05) is 26.3 Å². The zero-order chi connectivity index (χ0) is 11.4. The Morgan fingerprint density at radius 2 is 2.31 bits per heavy atom. The van der Waals surface area contributed by atoms with Crippen LogP contribution >= 0.6 is 27.3 Å². The number of rotatable bonds is 2. The predicted molar refractivity (Wildman–Crippen MR) is 69.7 cm³/mol. The summed E-state index contributed by atoms with van der Waals surface area (Å²) in [7, 11) is 0. The zero-order valence-electron chi connectivity index (χ0n) is 8.86. The molecule has 1 aliphatic rings. The molecule has 0 amide bonds. The Labute approximate surface area is 107 Å². The number of ether oxygens (including phenoxy) is 1. The third-order valence-corrected chi connectivity index (χ3v) is 3.93. The van der Waals surface area contributed by atoms with Crippen molar-refractivity contribution in [2.45, 2.75) is 6.54 Å². The molecule has 2 heterocycles. The minimum Gasteiger partial charge on any atom is -0.378 e. The number of halogens is 1. The first-order valence-corrected chi connectivity index (χ1v) is 6.78. The smallest absolute Gasteiger partial charge is 0.191 e. The predicted octanol–water partition coefficient (Wildman–Crippen LogP) is 1.66. The lowest BCUT2D eigenvalue weighted by Gasteiger charge is -2.27. The molecule has 0 saturated carbocycles. The second kappa shape index (κ2) is 5.65. The number of hydrogen-bond acceptors (Lipinski definition) is 3. The van der Waals surface area contributed by atoms with Gasteiger partial charge in [-0.2, -0.15) is 0 Å². The van der Waals surface area contributed by atoms with E-state index in [0.29, 0.717) is 12.5 Å². The van der Waals surface area contributed by atoms with Crippen LogP contribution in [0.4, 0.5) is 0 Å². The molecule has 4 nitrogen and oxygen atoms in total. The molecule has 2 N–H and O–H groups in total. The van der Waals surface area contributed by atoms with Gasteiger partial charge >= 0.3 is 0 Å². The number of thiophene rings is 1. The molecular formula is C10H14BrN3OS. The third kappa shape index (κ3) is 3.20. The van der Waals surface area contributed by atoms with E-state index in [1.165, 1.54) is 5.56 Å². The van der Waals surface area contributed by atoms with E-state index in [0.717, 1.165) is 30.1 Å². The lowest BCUT2D eigenvalue weighted by Crippen LogP contribution is -2.44. The Hall–Kier alpha value is -0.590. The Morgan fingerprint density at radius 3 is 2.94 bits per heavy atom. The van der Waals surface area contributed by atoms with Crippen LogP contribution in [-0.4, -0.2) is 37.2 Å². The molecule has 1 fully saturated rings. The van der Waals surface area contributed by atoms with Crippen molar-refractivity contribution >= 4 is 33.2 Å². The molecule has 1 aliphatic heterocycles. The largest absolute Gasteiger partial charge is 0.378 e. The molecule has 6 heteroatoms. The average Bonchev–Trinajstić information content (AvgIpc) is 2.73. The summed E-state index contributed by atoms with van der Waals surface area (Å²) >= 11 is 5.09. The van der Waals surface area contributed by atoms with Crippen molar-refractivity contribution in [3.63, 3.8) is 0 Å². The van der Waals surface area contributed by atoms with Crippen molar-refractivity contribution in [3.8, 4) is 0 Å². The lowest BCUT2D eigenvalue weighted by molar-refractivity contribution is 0.0674. The van der Waals surface area contributed by atoms with E-state index in [4.69, 9.17) is 10.5 Å². The van der Waals surface area contributed by atoms with Crippen molar-refractivity contribution in [1.29, 1.82) is 0 Å². The highest BCUT2D eigenvalue weighted by Gasteiger charge is 2.11. The normalized spacial score (nSPS) is 17.8. The summed E-state index contributed by atoms with van der Waals surface area (Å²) in [5, 5.41) is 2.08. The van der Waals surface area contributed by atoms with Gasteiger partial charge in [0.25, 0.3) is 0 Å². The van der Waals surface area contributed by atoms with E-state index in [9.17, 15) is 0 Å². The van der Waals surface area contributed by atoms with Crippen molar-refractivity contribution in [3.05, 3.63) is 20.8 Å². The number of nitrogens with zero attached hydrogens (tertiary/aromatic N) is 2. The average molecular weight is 304 g/mol. The fraction of sp³-hybridized carbons (Fsp3) is 0.500. The van der Waals surface area contributed by atoms with E-state index in [-0.39, 0.29) is 0 Å². The maximum atomic E-state index is 5.92. The maximum Gasteiger partial charge on any atom is 0.191 e. The first-order valence-electron chi connectivity index (χ1n) is 5.11. The molecule has 1 saturated heterocycles. The molecule has 1 aromatic rings. The second-order valence-electron chi connectivity index (χ2n) is 3.53. The van der Waals surface area contributed by atoms with Crippen LogP contribution in [0.25, 0.3) is 0 Å². The quantitative estimate of drug-likeness (QED) is 0.668. The van der Waals surface area contributed by atoms with E-state index < -0.39 is 0 Å². The molecule has 0 bridgehead atoms. The number of hydrogen-bond donors (Lipinski definition) is 1. The first-order chi connectivity index (χ1) is 7.75. The van der Waals surface area contributed by atoms with Gasteiger partial charge in [-0.3, -0.25) is 0 Å². The van der Waals surface area contributed by atoms with Gasteiger partial charge in [0.15, 0.2) is 5.96 Å². The first kappa shape index (κ1) is 11.9. The van der Waals surface area contributed by atoms with Crippen molar-refractivity contribution < 1.29 is 4.74 Å². The van der Waals surface area contributed by atoms with Crippen LogP contribution in [0, 0.1) is 0 Å². The maximum absolute atomic E-state index is 5.92. The summed E-state index contributed by atoms with van der Waals surface area (Å²) in [5.74, 6) is 0.616. The highest BCUT2D eigenvalue weighted by molar-refractivity contribution is 9.11. The van der Waals surface area contributed by atoms with Gasteiger partial charge in [-0.15, -0.1) is 11.3 Å². The summed E-state index contributed by atoms with van der Waals surface area (Å²) < 4.78 is 6.39. The highest BCUT2D eigenvalue weighted by Crippen LogP contribution is 2.21. The van der Waals surface area contributed by atoms with Gasteiger partial charge in [0.05, 0.1) is 23.5 Å². The highest BCUT2D eigenvalue weighted by atomic mass is 79.9. The van der Waals surface area contributed by atoms with Gasteiger partial charge in [-0.1, -0.05) is 0 Å². The number of aliphatic imine (C=N–C) groups is 1. The van der Waals surface area contributed by atoms with Gasteiger partial charge in [-0.25, -0.2) is 4.99 Å². The number of morpholine rings is 1. The number of guanidine groups is 1. The van der Waals surface area contributed by atoms with Crippen LogP contribution < -0.4 is 5.73 Å². The molecule has 0 spiro atoms. The second-order valence-corrected chi connectivity index (χ2v) is 5.82. The monoisotopic (exact) mass is 303 g/mol. The van der Waals surface area contributed by atoms with Gasteiger partial charge < -0.3 is 15.4 Å². The molecule has 0 unspecified atom stereocenters. The molecule has 2 rings (SSSR count). The molecule has 0 aliphatic carbocycles. The summed E-state index contributed by atoms with van der Waals surface area (Å²) in [6.07, 6.45) is 0. The van der Waals surface area contributed by atoms with Gasteiger partial charge in [-0.05, 0) is 32.9 Å². The topological polar surface area (TPSA) is 50.8 Å². The van der Waals surface area contributed by atoms with Crippen LogP contribution in [-0.2, 0) is 11.3 Å². The van der Waals surface area contributed by atoms with E-state index >= 15 is 0 Å². The minimum absolute atomic E-state index is 0.616. The fourth-order valence-corrected chi connectivity index (χ4v) is 2.69. The van der Waals surface area contributed by atoms with Gasteiger partial charge in [0.2, 0.25) is 0 Å². The molecular weight excluding hydrogens is 290 g/mol. The Morgan fingerprint density at radius 1 is 1.56 bits per heavy atom. The molecule has 0 radical (unpaired) electrons. The standard InChI is InChI=1S/C10H14BrN3OS/c11-9-5-8(7-16-9)6-13-10(12)14-1-3-15-4-2-14/h5,7H,1-4,6H2,(H2,12,13). The Bertz CT molecular complexity index is 374. The van der Waals surface area contributed by atoms with Crippen molar-refractivity contribution in [2.24, 2.45) is 10.7 Å².